The summed E-state index contributed by atoms with van der Waals surface area (Å²) in [4.78, 5) is 14.9. The fourth-order valence-electron chi connectivity index (χ4n) is 1.88. The molecule has 92 valence electrons. The molecule has 1 aromatic rings. The van der Waals surface area contributed by atoms with Crippen LogP contribution in [0, 0.1) is 0 Å². The summed E-state index contributed by atoms with van der Waals surface area (Å²) in [7, 11) is 0. The van der Waals surface area contributed by atoms with Gasteiger partial charge in [-0.05, 0) is 25.3 Å². The quantitative estimate of drug-likeness (QED) is 0.762. The van der Waals surface area contributed by atoms with Crippen molar-refractivity contribution in [3.8, 4) is 0 Å². The highest BCUT2D eigenvalue weighted by molar-refractivity contribution is 5.78. The third kappa shape index (κ3) is 2.33. The molecule has 0 bridgehead atoms. The van der Waals surface area contributed by atoms with Crippen LogP contribution >= 0.6 is 0 Å². The first-order valence-corrected chi connectivity index (χ1v) is 5.53. The molecule has 1 aliphatic rings. The Morgan fingerprint density at radius 1 is 1.47 bits per heavy atom. The average molecular weight is 243 g/mol. The van der Waals surface area contributed by atoms with Crippen molar-refractivity contribution < 1.29 is 18.0 Å². The Morgan fingerprint density at radius 2 is 2.12 bits per heavy atom. The van der Waals surface area contributed by atoms with E-state index in [4.69, 9.17) is 0 Å². The first-order chi connectivity index (χ1) is 7.97. The number of hydrogen-bond acceptors (Lipinski definition) is 2. The van der Waals surface area contributed by atoms with E-state index in [1.165, 1.54) is 6.07 Å². The number of aryl methyl sites for hydroxylation is 1. The molecule has 0 atom stereocenters. The van der Waals surface area contributed by atoms with Gasteiger partial charge < -0.3 is 0 Å². The minimum Gasteiger partial charge on any atom is -0.298 e. The maximum atomic E-state index is 12.9. The third-order valence-electron chi connectivity index (χ3n) is 2.87. The molecular weight excluding hydrogens is 231 g/mol. The highest BCUT2D eigenvalue weighted by Crippen LogP contribution is 2.45. The van der Waals surface area contributed by atoms with Crippen LogP contribution in [0.15, 0.2) is 6.07 Å². The van der Waals surface area contributed by atoms with E-state index in [1.54, 1.807) is 6.92 Å². The summed E-state index contributed by atoms with van der Waals surface area (Å²) in [6.07, 6.45) is -2.26. The smallest absolute Gasteiger partial charge is 0.298 e. The Bertz CT molecular complexity index is 450. The zero-order valence-corrected chi connectivity index (χ0v) is 9.34. The van der Waals surface area contributed by atoms with E-state index < -0.39 is 11.7 Å². The SMILES string of the molecule is CCc1cc(C=O)c(C(F)(F)F)c(C2CC2)n1. The lowest BCUT2D eigenvalue weighted by atomic mass is 10.0. The number of aldehydes is 1. The molecule has 0 aliphatic heterocycles. The van der Waals surface area contributed by atoms with Crippen LogP contribution in [0.4, 0.5) is 13.2 Å². The second-order valence-electron chi connectivity index (χ2n) is 4.21. The number of halogens is 3. The first-order valence-electron chi connectivity index (χ1n) is 5.53. The van der Waals surface area contributed by atoms with Crippen molar-refractivity contribution in [2.75, 3.05) is 0 Å². The lowest BCUT2D eigenvalue weighted by Crippen LogP contribution is -2.15. The van der Waals surface area contributed by atoms with Crippen molar-refractivity contribution >= 4 is 6.29 Å². The van der Waals surface area contributed by atoms with Gasteiger partial charge in [-0.25, -0.2) is 0 Å². The largest absolute Gasteiger partial charge is 0.418 e. The van der Waals surface area contributed by atoms with E-state index in [9.17, 15) is 18.0 Å². The molecule has 0 radical (unpaired) electrons. The van der Waals surface area contributed by atoms with Crippen molar-refractivity contribution in [3.05, 3.63) is 28.6 Å². The van der Waals surface area contributed by atoms with Gasteiger partial charge in [0.25, 0.3) is 0 Å². The maximum Gasteiger partial charge on any atom is 0.418 e. The Labute approximate surface area is 96.9 Å². The predicted molar refractivity (Wildman–Crippen MR) is 56.0 cm³/mol. The minimum absolute atomic E-state index is 0.0546. The van der Waals surface area contributed by atoms with Crippen LogP contribution in [0.2, 0.25) is 0 Å². The number of aromatic nitrogens is 1. The predicted octanol–water partition coefficient (Wildman–Crippen LogP) is 3.35. The zero-order chi connectivity index (χ0) is 12.6. The average Bonchev–Trinajstić information content (AvgIpc) is 3.09. The fraction of sp³-hybridized carbons (Fsp3) is 0.500. The molecule has 5 heteroatoms. The van der Waals surface area contributed by atoms with Crippen molar-refractivity contribution in [3.63, 3.8) is 0 Å². The summed E-state index contributed by atoms with van der Waals surface area (Å²) < 4.78 is 38.8. The molecule has 1 fully saturated rings. The van der Waals surface area contributed by atoms with Gasteiger partial charge in [-0.15, -0.1) is 0 Å². The number of nitrogens with zero attached hydrogens (tertiary/aromatic N) is 1. The molecule has 1 heterocycles. The van der Waals surface area contributed by atoms with E-state index in [-0.39, 0.29) is 23.5 Å². The number of alkyl halides is 3. The second kappa shape index (κ2) is 4.13. The van der Waals surface area contributed by atoms with Crippen molar-refractivity contribution in [2.24, 2.45) is 0 Å². The Morgan fingerprint density at radius 3 is 2.53 bits per heavy atom. The van der Waals surface area contributed by atoms with Gasteiger partial charge in [0.05, 0.1) is 11.3 Å². The Kier molecular flexibility index (Phi) is 2.93. The van der Waals surface area contributed by atoms with Crippen LogP contribution in [0.25, 0.3) is 0 Å². The number of carbonyl (C=O) groups is 1. The van der Waals surface area contributed by atoms with Crippen LogP contribution in [-0.4, -0.2) is 11.3 Å². The molecule has 2 rings (SSSR count). The standard InChI is InChI=1S/C12H12F3NO/c1-2-9-5-8(6-17)10(12(13,14)15)11(16-9)7-3-4-7/h5-7H,2-4H2,1H3. The van der Waals surface area contributed by atoms with E-state index in [2.05, 4.69) is 4.98 Å². The zero-order valence-electron chi connectivity index (χ0n) is 9.34. The lowest BCUT2D eigenvalue weighted by Gasteiger charge is -2.15. The van der Waals surface area contributed by atoms with Crippen molar-refractivity contribution in [1.29, 1.82) is 0 Å². The molecule has 1 aliphatic carbocycles. The maximum absolute atomic E-state index is 12.9. The van der Waals surface area contributed by atoms with Gasteiger partial charge in [0.1, 0.15) is 0 Å². The van der Waals surface area contributed by atoms with Gasteiger partial charge in [0.2, 0.25) is 0 Å². The molecule has 0 aromatic carbocycles. The van der Waals surface area contributed by atoms with Gasteiger partial charge >= 0.3 is 6.18 Å². The fourth-order valence-corrected chi connectivity index (χ4v) is 1.88. The lowest BCUT2D eigenvalue weighted by molar-refractivity contribution is -0.138. The number of carbonyl (C=O) groups excluding carboxylic acids is 1. The molecule has 2 nitrogen and oxygen atoms in total. The summed E-state index contributed by atoms with van der Waals surface area (Å²) in [6, 6.07) is 1.24. The molecule has 0 unspecified atom stereocenters. The molecule has 17 heavy (non-hydrogen) atoms. The topological polar surface area (TPSA) is 30.0 Å². The molecule has 0 N–H and O–H groups in total. The van der Waals surface area contributed by atoms with E-state index in [0.29, 0.717) is 12.1 Å². The highest BCUT2D eigenvalue weighted by atomic mass is 19.4. The van der Waals surface area contributed by atoms with Crippen LogP contribution < -0.4 is 0 Å². The van der Waals surface area contributed by atoms with Crippen molar-refractivity contribution in [1.82, 2.24) is 4.98 Å². The monoisotopic (exact) mass is 243 g/mol. The van der Waals surface area contributed by atoms with Crippen LogP contribution in [-0.2, 0) is 12.6 Å². The Balaban J connectivity index is 2.64. The normalized spacial score (nSPS) is 16.0. The highest BCUT2D eigenvalue weighted by Gasteiger charge is 2.41. The number of pyridine rings is 1. The van der Waals surface area contributed by atoms with Gasteiger partial charge in [0.15, 0.2) is 6.29 Å². The molecule has 1 saturated carbocycles. The van der Waals surface area contributed by atoms with Crippen LogP contribution in [0.3, 0.4) is 0 Å². The van der Waals surface area contributed by atoms with Gasteiger partial charge in [-0.2, -0.15) is 13.2 Å². The van der Waals surface area contributed by atoms with E-state index >= 15 is 0 Å². The first kappa shape index (κ1) is 12.1. The summed E-state index contributed by atoms with van der Waals surface area (Å²) >= 11 is 0. The Hall–Kier alpha value is -1.39. The molecule has 1 aromatic heterocycles. The summed E-state index contributed by atoms with van der Waals surface area (Å²) in [5, 5.41) is 0. The summed E-state index contributed by atoms with van der Waals surface area (Å²) in [6.45, 7) is 1.81. The third-order valence-corrected chi connectivity index (χ3v) is 2.87. The summed E-state index contributed by atoms with van der Waals surface area (Å²) in [5.41, 5.74) is -0.528. The van der Waals surface area contributed by atoms with Gasteiger partial charge in [0, 0.05) is 17.2 Å². The number of rotatable bonds is 3. The van der Waals surface area contributed by atoms with Crippen LogP contribution in [0.1, 0.15) is 53.0 Å². The second-order valence-corrected chi connectivity index (χ2v) is 4.21. The molecule has 0 amide bonds. The summed E-state index contributed by atoms with van der Waals surface area (Å²) in [5.74, 6) is -0.128. The van der Waals surface area contributed by atoms with Crippen molar-refractivity contribution in [2.45, 2.75) is 38.3 Å². The van der Waals surface area contributed by atoms with E-state index in [1.807, 2.05) is 0 Å². The molecule has 0 spiro atoms. The van der Waals surface area contributed by atoms with Crippen LogP contribution in [0.5, 0.6) is 0 Å². The van der Waals surface area contributed by atoms with Gasteiger partial charge in [-0.3, -0.25) is 9.78 Å². The van der Waals surface area contributed by atoms with E-state index in [0.717, 1.165) is 12.8 Å². The molecular formula is C12H12F3NO. The van der Waals surface area contributed by atoms with Gasteiger partial charge in [-0.1, -0.05) is 6.92 Å². The minimum atomic E-state index is -4.51. The number of hydrogen-bond donors (Lipinski definition) is 0. The molecule has 0 saturated heterocycles.